The molecule has 0 saturated carbocycles. The number of halogens is 5. The standard InChI is InChI=1S/C49H46F5N3O5S2/c1-25(2)31-14-11-15-32(26(3)4)47(31)55-29-19-21-35-38(23-29)62-39-24-30(56-48-33(27(5)6)16-12-17-34(48)28(7)8)20-22-36(39)41(35)37-13-9-10-18-40(37)63(58,59)57-64(60,61)49-45(53)43(51)42(50)44(52)46(49)54/h9-28,55,57H,1-8H3/b56-30-. The van der Waals surface area contributed by atoms with E-state index in [4.69, 9.17) is 9.41 Å². The van der Waals surface area contributed by atoms with Gasteiger partial charge < -0.3 is 9.73 Å². The van der Waals surface area contributed by atoms with Crippen LogP contribution in [0.15, 0.2) is 116 Å². The quantitative estimate of drug-likeness (QED) is 0.0545. The van der Waals surface area contributed by atoms with Crippen molar-refractivity contribution >= 4 is 48.1 Å². The highest BCUT2D eigenvalue weighted by Crippen LogP contribution is 2.44. The summed E-state index contributed by atoms with van der Waals surface area (Å²) in [6.07, 6.45) is 0. The fourth-order valence-corrected chi connectivity index (χ4v) is 11.1. The second-order valence-electron chi connectivity index (χ2n) is 16.8. The lowest BCUT2D eigenvalue weighted by Crippen LogP contribution is -2.33. The minimum atomic E-state index is -5.96. The number of rotatable bonds is 12. The minimum Gasteiger partial charge on any atom is -0.456 e. The Morgan fingerprint density at radius 2 is 1.08 bits per heavy atom. The maximum Gasteiger partial charge on any atom is 0.259 e. The monoisotopic (exact) mass is 915 g/mol. The zero-order chi connectivity index (χ0) is 46.6. The van der Waals surface area contributed by atoms with E-state index in [0.717, 1.165) is 39.7 Å². The highest BCUT2D eigenvalue weighted by molar-refractivity contribution is 8.04. The first-order valence-electron chi connectivity index (χ1n) is 20.6. The summed E-state index contributed by atoms with van der Waals surface area (Å²) in [5.74, 6) is -12.3. The van der Waals surface area contributed by atoms with Crippen LogP contribution in [0.2, 0.25) is 0 Å². The van der Waals surface area contributed by atoms with Crippen LogP contribution in [0.4, 0.5) is 39.0 Å². The molecule has 1 aliphatic heterocycles. The van der Waals surface area contributed by atoms with E-state index in [0.29, 0.717) is 22.0 Å². The third-order valence-corrected chi connectivity index (χ3v) is 14.6. The summed E-state index contributed by atoms with van der Waals surface area (Å²) in [5, 5.41) is 4.50. The van der Waals surface area contributed by atoms with E-state index in [1.165, 1.54) is 22.3 Å². The highest BCUT2D eigenvalue weighted by atomic mass is 32.3. The molecule has 2 N–H and O–H groups in total. The van der Waals surface area contributed by atoms with Gasteiger partial charge in [0.1, 0.15) is 11.3 Å². The van der Waals surface area contributed by atoms with Crippen molar-refractivity contribution in [1.29, 1.82) is 0 Å². The molecule has 0 bridgehead atoms. The Bertz CT molecular complexity index is 3160. The van der Waals surface area contributed by atoms with Gasteiger partial charge >= 0.3 is 0 Å². The predicted octanol–water partition coefficient (Wildman–Crippen LogP) is 13.0. The Morgan fingerprint density at radius 1 is 0.547 bits per heavy atom. The molecule has 2 aliphatic rings. The van der Waals surface area contributed by atoms with Gasteiger partial charge in [0.25, 0.3) is 20.0 Å². The van der Waals surface area contributed by atoms with Gasteiger partial charge in [0.05, 0.1) is 15.9 Å². The third-order valence-electron chi connectivity index (χ3n) is 11.0. The zero-order valence-corrected chi connectivity index (χ0v) is 37.9. The molecule has 0 atom stereocenters. The fourth-order valence-electron chi connectivity index (χ4n) is 7.89. The summed E-state index contributed by atoms with van der Waals surface area (Å²) < 4.78 is 135. The van der Waals surface area contributed by atoms with Gasteiger partial charge in [-0.25, -0.2) is 43.8 Å². The van der Waals surface area contributed by atoms with E-state index >= 15 is 0 Å². The van der Waals surface area contributed by atoms with Crippen molar-refractivity contribution in [3.05, 3.63) is 154 Å². The van der Waals surface area contributed by atoms with E-state index < -0.39 is 58.9 Å². The van der Waals surface area contributed by atoms with Gasteiger partial charge in [0.15, 0.2) is 28.2 Å². The Morgan fingerprint density at radius 3 is 1.64 bits per heavy atom. The molecular weight excluding hydrogens is 870 g/mol. The molecule has 5 aromatic rings. The fraction of sp³-hybridized carbons (Fsp3) is 0.245. The lowest BCUT2D eigenvalue weighted by Gasteiger charge is -2.22. The number of para-hydroxylation sites is 2. The molecule has 5 aromatic carbocycles. The Balaban J connectivity index is 1.48. The van der Waals surface area contributed by atoms with Gasteiger partial charge in [-0.05, 0) is 76.3 Å². The van der Waals surface area contributed by atoms with Crippen molar-refractivity contribution in [3.63, 3.8) is 0 Å². The second kappa shape index (κ2) is 17.6. The lowest BCUT2D eigenvalue weighted by molar-refractivity contribution is 0.357. The van der Waals surface area contributed by atoms with Crippen molar-refractivity contribution in [3.8, 4) is 22.5 Å². The first-order valence-corrected chi connectivity index (χ1v) is 23.6. The van der Waals surface area contributed by atoms with E-state index in [1.54, 1.807) is 36.4 Å². The number of nitrogens with one attached hydrogen (secondary N) is 2. The summed E-state index contributed by atoms with van der Waals surface area (Å²) in [4.78, 5) is 2.08. The molecule has 0 aromatic heterocycles. The van der Waals surface area contributed by atoms with Gasteiger partial charge in [-0.15, -0.1) is 4.13 Å². The topological polar surface area (TPSA) is 118 Å². The van der Waals surface area contributed by atoms with E-state index in [9.17, 15) is 38.8 Å². The Kier molecular flexibility index (Phi) is 12.7. The Labute approximate surface area is 369 Å². The lowest BCUT2D eigenvalue weighted by atomic mass is 9.92. The predicted molar refractivity (Wildman–Crippen MR) is 240 cm³/mol. The summed E-state index contributed by atoms with van der Waals surface area (Å²) in [6, 6.07) is 27.9. The number of anilines is 2. The molecule has 0 radical (unpaired) electrons. The summed E-state index contributed by atoms with van der Waals surface area (Å²) in [6.45, 7) is 16.7. The molecular formula is C49H46F5N3O5S2. The minimum absolute atomic E-state index is 0.0710. The molecule has 1 heterocycles. The van der Waals surface area contributed by atoms with Crippen molar-refractivity contribution in [1.82, 2.24) is 4.13 Å². The van der Waals surface area contributed by atoms with Crippen LogP contribution in [-0.2, 0) is 20.0 Å². The Hall–Kier alpha value is -5.90. The molecule has 1 aliphatic carbocycles. The molecule has 334 valence electrons. The maximum absolute atomic E-state index is 14.8. The van der Waals surface area contributed by atoms with E-state index in [2.05, 4.69) is 72.8 Å². The number of nitrogens with zero attached hydrogens (tertiary/aromatic N) is 1. The van der Waals surface area contributed by atoms with Crippen LogP contribution in [-0.4, -0.2) is 16.8 Å². The van der Waals surface area contributed by atoms with E-state index in [1.807, 2.05) is 24.3 Å². The number of sulfonamides is 2. The normalized spacial score (nSPS) is 12.8. The van der Waals surface area contributed by atoms with Crippen molar-refractivity contribution < 1.29 is 43.2 Å². The molecule has 0 unspecified atom stereocenters. The van der Waals surface area contributed by atoms with Crippen LogP contribution < -0.4 is 14.8 Å². The first kappa shape index (κ1) is 46.1. The molecule has 8 nitrogen and oxygen atoms in total. The molecule has 15 heteroatoms. The number of hydrogen-bond acceptors (Lipinski definition) is 7. The van der Waals surface area contributed by atoms with Crippen LogP contribution in [0.25, 0.3) is 33.4 Å². The van der Waals surface area contributed by atoms with Gasteiger partial charge in [0, 0.05) is 45.6 Å². The van der Waals surface area contributed by atoms with Crippen LogP contribution in [0.3, 0.4) is 0 Å². The smallest absolute Gasteiger partial charge is 0.259 e. The van der Waals surface area contributed by atoms with Crippen molar-refractivity contribution in [2.45, 2.75) is 88.9 Å². The third kappa shape index (κ3) is 8.55. The van der Waals surface area contributed by atoms with Crippen molar-refractivity contribution in [2.24, 2.45) is 4.99 Å². The average Bonchev–Trinajstić information content (AvgIpc) is 3.23. The average molecular weight is 916 g/mol. The maximum atomic E-state index is 14.8. The van der Waals surface area contributed by atoms with E-state index in [-0.39, 0.29) is 46.1 Å². The molecule has 0 saturated heterocycles. The van der Waals surface area contributed by atoms with Crippen LogP contribution >= 0.6 is 0 Å². The molecule has 0 amide bonds. The van der Waals surface area contributed by atoms with Crippen LogP contribution in [0, 0.1) is 29.1 Å². The van der Waals surface area contributed by atoms with Crippen LogP contribution in [0.1, 0.15) is 101 Å². The highest BCUT2D eigenvalue weighted by Gasteiger charge is 2.37. The van der Waals surface area contributed by atoms with Gasteiger partial charge in [0.2, 0.25) is 5.82 Å². The molecule has 64 heavy (non-hydrogen) atoms. The van der Waals surface area contributed by atoms with Gasteiger partial charge in [-0.3, -0.25) is 0 Å². The largest absolute Gasteiger partial charge is 0.456 e. The van der Waals surface area contributed by atoms with Gasteiger partial charge in [-0.2, -0.15) is 0 Å². The van der Waals surface area contributed by atoms with Gasteiger partial charge in [-0.1, -0.05) is 110 Å². The summed E-state index contributed by atoms with van der Waals surface area (Å²) in [7, 11) is -11.3. The van der Waals surface area contributed by atoms with Crippen LogP contribution in [0.5, 0.6) is 0 Å². The van der Waals surface area contributed by atoms with Crippen molar-refractivity contribution in [2.75, 3.05) is 5.32 Å². The molecule has 0 fully saturated rings. The summed E-state index contributed by atoms with van der Waals surface area (Å²) >= 11 is 0. The SMILES string of the molecule is CC(C)c1cccc(C(C)C)c1/N=c1/ccc2c(-c3ccccc3S(=O)(=O)NS(=O)(=O)c3c(F)c(F)c(F)c(F)c3F)c3ccc(Nc4c(C(C)C)cccc4C(C)C)cc3oc-2c1. The molecule has 0 spiro atoms. The number of benzene rings is 6. The second-order valence-corrected chi connectivity index (χ2v) is 20.3. The number of hydrogen-bond donors (Lipinski definition) is 2. The summed E-state index contributed by atoms with van der Waals surface area (Å²) in [5.41, 5.74) is 7.48. The first-order chi connectivity index (χ1) is 30.1. The number of fused-ring (bicyclic) bond motifs is 2. The molecule has 7 rings (SSSR count). The zero-order valence-electron chi connectivity index (χ0n) is 36.2.